The lowest BCUT2D eigenvalue weighted by molar-refractivity contribution is -0.222. The minimum Gasteiger partial charge on any atom is -0.463 e. The van der Waals surface area contributed by atoms with Crippen molar-refractivity contribution in [3.05, 3.63) is 0 Å². The second kappa shape index (κ2) is 11.4. The SMILES string of the molecule is CCC(C)(CC(C)(CC(C)C(=O)OC12CC3CC(CC(O)(C3)C1)C2)C(=O)OC1CCOC1=O)C(=O)OC1(C)C2CC3CC(C2)CC1C3. The van der Waals surface area contributed by atoms with Gasteiger partial charge in [0.05, 0.1) is 29.0 Å². The molecule has 0 amide bonds. The van der Waals surface area contributed by atoms with E-state index in [9.17, 15) is 24.3 Å². The summed E-state index contributed by atoms with van der Waals surface area (Å²) in [5.74, 6) is 0.393. The molecule has 0 aromatic heterocycles. The van der Waals surface area contributed by atoms with Crippen molar-refractivity contribution in [3.8, 4) is 0 Å². The number of carbonyl (C=O) groups is 4. The Kier molecular flexibility index (Phi) is 8.12. The molecule has 9 fully saturated rings. The summed E-state index contributed by atoms with van der Waals surface area (Å²) in [6.45, 7) is 9.64. The molecule has 8 bridgehead atoms. The van der Waals surface area contributed by atoms with Gasteiger partial charge in [0.1, 0.15) is 11.2 Å². The molecule has 8 saturated carbocycles. The Balaban J connectivity index is 1.09. The normalized spacial score (nSPS) is 44.3. The molecule has 1 saturated heterocycles. The van der Waals surface area contributed by atoms with Gasteiger partial charge >= 0.3 is 23.9 Å². The van der Waals surface area contributed by atoms with Crippen molar-refractivity contribution in [2.24, 2.45) is 52.3 Å². The third-order valence-corrected chi connectivity index (χ3v) is 14.2. The Labute approximate surface area is 279 Å². The predicted octanol–water partition coefficient (Wildman–Crippen LogP) is 6.07. The molecule has 262 valence electrons. The highest BCUT2D eigenvalue weighted by molar-refractivity contribution is 5.85. The number of hydrogen-bond acceptors (Lipinski definition) is 9. The van der Waals surface area contributed by atoms with E-state index in [1.807, 2.05) is 13.8 Å². The van der Waals surface area contributed by atoms with Gasteiger partial charge in [0.15, 0.2) is 0 Å². The lowest BCUT2D eigenvalue weighted by atomic mass is 9.50. The minimum atomic E-state index is -1.28. The predicted molar refractivity (Wildman–Crippen MR) is 170 cm³/mol. The molecule has 0 aromatic rings. The third kappa shape index (κ3) is 5.92. The molecule has 6 unspecified atom stereocenters. The van der Waals surface area contributed by atoms with E-state index in [4.69, 9.17) is 18.9 Å². The van der Waals surface area contributed by atoms with Gasteiger partial charge in [-0.3, -0.25) is 14.4 Å². The number of esters is 4. The molecule has 1 aliphatic heterocycles. The van der Waals surface area contributed by atoms with E-state index in [1.54, 1.807) is 13.8 Å². The van der Waals surface area contributed by atoms with E-state index in [-0.39, 0.29) is 31.8 Å². The fourth-order valence-corrected chi connectivity index (χ4v) is 12.2. The lowest BCUT2D eigenvalue weighted by Crippen LogP contribution is -2.60. The number of carbonyl (C=O) groups excluding carboxylic acids is 4. The molecule has 9 heteroatoms. The van der Waals surface area contributed by atoms with Crippen LogP contribution in [-0.4, -0.2) is 58.5 Å². The molecular weight excluding hydrogens is 600 g/mol. The zero-order chi connectivity index (χ0) is 33.6. The van der Waals surface area contributed by atoms with Gasteiger partial charge < -0.3 is 24.1 Å². The van der Waals surface area contributed by atoms with Crippen molar-refractivity contribution in [2.45, 2.75) is 154 Å². The average Bonchev–Trinajstić information content (AvgIpc) is 3.37. The highest BCUT2D eigenvalue weighted by Crippen LogP contribution is 2.61. The number of cyclic esters (lactones) is 1. The molecule has 1 heterocycles. The number of hydrogen-bond donors (Lipinski definition) is 1. The van der Waals surface area contributed by atoms with Gasteiger partial charge in [0, 0.05) is 12.8 Å². The van der Waals surface area contributed by atoms with Crippen LogP contribution in [0.1, 0.15) is 131 Å². The monoisotopic (exact) mass is 656 g/mol. The van der Waals surface area contributed by atoms with Crippen LogP contribution in [0.25, 0.3) is 0 Å². The standard InChI is InChI=1S/C38H56O9/c1-6-34(3,33(42)47-36(5)27-11-23-9-24(13-27)14-28(36)12-23)20-35(4,32(41)45-29-7-8-44-31(29)40)15-22(2)30(39)46-38-18-25-10-26(19-38)17-37(43,16-25)21-38/h22-29,43H,6-21H2,1-5H3. The maximum Gasteiger partial charge on any atom is 0.347 e. The molecule has 0 aromatic carbocycles. The van der Waals surface area contributed by atoms with Crippen LogP contribution in [0.2, 0.25) is 0 Å². The molecule has 9 nitrogen and oxygen atoms in total. The van der Waals surface area contributed by atoms with Gasteiger partial charge in [-0.2, -0.15) is 0 Å². The van der Waals surface area contributed by atoms with Gasteiger partial charge in [-0.05, 0) is 140 Å². The van der Waals surface area contributed by atoms with Gasteiger partial charge in [-0.15, -0.1) is 0 Å². The number of aliphatic hydroxyl groups is 1. The summed E-state index contributed by atoms with van der Waals surface area (Å²) in [4.78, 5) is 54.5. The van der Waals surface area contributed by atoms with E-state index in [2.05, 4.69) is 6.92 Å². The minimum absolute atomic E-state index is 0.0917. The van der Waals surface area contributed by atoms with Gasteiger partial charge in [0.2, 0.25) is 6.10 Å². The molecular formula is C38H56O9. The van der Waals surface area contributed by atoms with Gasteiger partial charge in [0.25, 0.3) is 0 Å². The fourth-order valence-electron chi connectivity index (χ4n) is 12.2. The van der Waals surface area contributed by atoms with E-state index in [1.165, 1.54) is 6.42 Å². The first-order valence-electron chi connectivity index (χ1n) is 18.6. The Morgan fingerprint density at radius 2 is 1.49 bits per heavy atom. The zero-order valence-electron chi connectivity index (χ0n) is 29.1. The van der Waals surface area contributed by atoms with Gasteiger partial charge in [-0.1, -0.05) is 13.8 Å². The molecule has 8 aliphatic carbocycles. The second-order valence-corrected chi connectivity index (χ2v) is 18.3. The zero-order valence-corrected chi connectivity index (χ0v) is 29.1. The summed E-state index contributed by atoms with van der Waals surface area (Å²) in [6, 6.07) is 0. The first kappa shape index (κ1) is 33.3. The van der Waals surface area contributed by atoms with Crippen molar-refractivity contribution in [2.75, 3.05) is 6.61 Å². The molecule has 1 N–H and O–H groups in total. The second-order valence-electron chi connectivity index (χ2n) is 18.3. The Bertz CT molecular complexity index is 1260. The van der Waals surface area contributed by atoms with Gasteiger partial charge in [-0.25, -0.2) is 4.79 Å². The first-order valence-corrected chi connectivity index (χ1v) is 18.6. The molecule has 9 aliphatic rings. The molecule has 0 radical (unpaired) electrons. The Hall–Kier alpha value is -2.16. The Morgan fingerprint density at radius 1 is 0.894 bits per heavy atom. The van der Waals surface area contributed by atoms with E-state index < -0.39 is 57.6 Å². The maximum absolute atomic E-state index is 14.3. The first-order chi connectivity index (χ1) is 22.0. The molecule has 9 rings (SSSR count). The lowest BCUT2D eigenvalue weighted by Gasteiger charge is -2.59. The smallest absolute Gasteiger partial charge is 0.347 e. The summed E-state index contributed by atoms with van der Waals surface area (Å²) in [7, 11) is 0. The topological polar surface area (TPSA) is 125 Å². The van der Waals surface area contributed by atoms with Crippen molar-refractivity contribution >= 4 is 23.9 Å². The van der Waals surface area contributed by atoms with Crippen LogP contribution in [0, 0.1) is 52.3 Å². The highest BCUT2D eigenvalue weighted by Gasteiger charge is 2.61. The number of ether oxygens (including phenoxy) is 4. The van der Waals surface area contributed by atoms with E-state index in [0.29, 0.717) is 36.5 Å². The van der Waals surface area contributed by atoms with Crippen molar-refractivity contribution in [3.63, 3.8) is 0 Å². The third-order valence-electron chi connectivity index (χ3n) is 14.2. The van der Waals surface area contributed by atoms with Crippen LogP contribution < -0.4 is 0 Å². The summed E-state index contributed by atoms with van der Waals surface area (Å²) >= 11 is 0. The highest BCUT2D eigenvalue weighted by atomic mass is 16.6. The maximum atomic E-state index is 14.3. The quantitative estimate of drug-likeness (QED) is 0.208. The van der Waals surface area contributed by atoms with Crippen molar-refractivity contribution in [1.29, 1.82) is 0 Å². The average molecular weight is 657 g/mol. The van der Waals surface area contributed by atoms with Crippen LogP contribution in [-0.2, 0) is 38.1 Å². The summed E-state index contributed by atoms with van der Waals surface area (Å²) in [6.07, 6.45) is 10.3. The van der Waals surface area contributed by atoms with Crippen molar-refractivity contribution in [1.82, 2.24) is 0 Å². The molecule has 0 spiro atoms. The van der Waals surface area contributed by atoms with E-state index >= 15 is 0 Å². The largest absolute Gasteiger partial charge is 0.463 e. The van der Waals surface area contributed by atoms with Crippen LogP contribution >= 0.6 is 0 Å². The van der Waals surface area contributed by atoms with Crippen molar-refractivity contribution < 1.29 is 43.2 Å². The van der Waals surface area contributed by atoms with E-state index in [0.717, 1.165) is 69.6 Å². The molecule has 6 atom stereocenters. The summed E-state index contributed by atoms with van der Waals surface area (Å²) in [5, 5.41) is 11.2. The Morgan fingerprint density at radius 3 is 2.02 bits per heavy atom. The summed E-state index contributed by atoms with van der Waals surface area (Å²) in [5.41, 5.74) is -4.24. The fraction of sp³-hybridized carbons (Fsp3) is 0.895. The van der Waals surface area contributed by atoms with Crippen LogP contribution in [0.4, 0.5) is 0 Å². The van der Waals surface area contributed by atoms with Crippen LogP contribution in [0.15, 0.2) is 0 Å². The molecule has 47 heavy (non-hydrogen) atoms. The number of rotatable bonds is 11. The van der Waals surface area contributed by atoms with Crippen LogP contribution in [0.3, 0.4) is 0 Å². The summed E-state index contributed by atoms with van der Waals surface area (Å²) < 4.78 is 23.7. The van der Waals surface area contributed by atoms with Crippen LogP contribution in [0.5, 0.6) is 0 Å².